The summed E-state index contributed by atoms with van der Waals surface area (Å²) in [6, 6.07) is 6.01. The van der Waals surface area contributed by atoms with Crippen LogP contribution in [-0.4, -0.2) is 29.0 Å². The minimum absolute atomic E-state index is 0.214. The van der Waals surface area contributed by atoms with Crippen molar-refractivity contribution in [3.8, 4) is 0 Å². The van der Waals surface area contributed by atoms with Crippen molar-refractivity contribution in [1.29, 1.82) is 0 Å². The first-order valence-corrected chi connectivity index (χ1v) is 5.20. The van der Waals surface area contributed by atoms with E-state index < -0.39 is 24.9 Å². The van der Waals surface area contributed by atoms with Crippen molar-refractivity contribution in [2.24, 2.45) is 11.6 Å². The molecule has 0 aliphatic heterocycles. The van der Waals surface area contributed by atoms with E-state index in [0.717, 1.165) is 0 Å². The van der Waals surface area contributed by atoms with Crippen LogP contribution in [0.3, 0.4) is 0 Å². The molecular formula is C10H14BN3O4. The van der Waals surface area contributed by atoms with Gasteiger partial charge in [-0.05, 0) is 11.0 Å². The van der Waals surface area contributed by atoms with E-state index in [-0.39, 0.29) is 11.9 Å². The van der Waals surface area contributed by atoms with E-state index in [9.17, 15) is 9.59 Å². The Morgan fingerprint density at radius 3 is 2.56 bits per heavy atom. The van der Waals surface area contributed by atoms with Crippen molar-refractivity contribution < 1.29 is 19.6 Å². The van der Waals surface area contributed by atoms with E-state index in [0.29, 0.717) is 5.56 Å². The number of carbonyl (C=O) groups is 2. The molecule has 0 saturated heterocycles. The molecule has 1 aromatic rings. The van der Waals surface area contributed by atoms with Gasteiger partial charge in [-0.25, -0.2) is 5.84 Å². The van der Waals surface area contributed by atoms with Gasteiger partial charge in [0.05, 0.1) is 5.92 Å². The lowest BCUT2D eigenvalue weighted by molar-refractivity contribution is -0.126. The Kier molecular flexibility index (Phi) is 4.84. The maximum atomic E-state index is 11.6. The van der Waals surface area contributed by atoms with E-state index in [2.05, 4.69) is 0 Å². The molecule has 0 fully saturated rings. The zero-order chi connectivity index (χ0) is 13.7. The van der Waals surface area contributed by atoms with Crippen molar-refractivity contribution in [2.45, 2.75) is 12.3 Å². The Morgan fingerprint density at radius 1 is 1.39 bits per heavy atom. The van der Waals surface area contributed by atoms with Crippen LogP contribution >= 0.6 is 0 Å². The first-order chi connectivity index (χ1) is 8.45. The lowest BCUT2D eigenvalue weighted by Crippen LogP contribution is -2.37. The Balaban J connectivity index is 3.08. The molecule has 96 valence electrons. The highest BCUT2D eigenvalue weighted by Gasteiger charge is 2.23. The molecule has 0 spiro atoms. The van der Waals surface area contributed by atoms with Gasteiger partial charge in [0.2, 0.25) is 11.8 Å². The summed E-state index contributed by atoms with van der Waals surface area (Å²) in [5, 5.41) is 18.1. The Bertz CT molecular complexity index is 453. The summed E-state index contributed by atoms with van der Waals surface area (Å²) in [5.74, 6) is 2.95. The molecule has 8 heteroatoms. The smallest absolute Gasteiger partial charge is 0.423 e. The molecule has 1 rings (SSSR count). The van der Waals surface area contributed by atoms with Crippen LogP contribution in [0.2, 0.25) is 0 Å². The molecule has 0 saturated carbocycles. The van der Waals surface area contributed by atoms with Crippen LogP contribution in [0, 0.1) is 0 Å². The first kappa shape index (κ1) is 14.2. The molecule has 0 bridgehead atoms. The second-order valence-corrected chi connectivity index (χ2v) is 3.78. The fraction of sp³-hybridized carbons (Fsp3) is 0.200. The van der Waals surface area contributed by atoms with Crippen LogP contribution in [0.15, 0.2) is 24.3 Å². The SMILES string of the molecule is NNC(=O)C(CC(N)=O)c1cccc(B(O)O)c1. The highest BCUT2D eigenvalue weighted by molar-refractivity contribution is 6.58. The number of benzene rings is 1. The Labute approximate surface area is 104 Å². The zero-order valence-electron chi connectivity index (χ0n) is 9.54. The topological polar surface area (TPSA) is 139 Å². The van der Waals surface area contributed by atoms with Crippen molar-refractivity contribution in [3.05, 3.63) is 29.8 Å². The number of nitrogens with one attached hydrogen (secondary N) is 1. The average molecular weight is 251 g/mol. The van der Waals surface area contributed by atoms with Crippen LogP contribution in [0.4, 0.5) is 0 Å². The minimum atomic E-state index is -1.65. The van der Waals surface area contributed by atoms with Crippen LogP contribution in [0.25, 0.3) is 0 Å². The van der Waals surface area contributed by atoms with Crippen molar-refractivity contribution in [2.75, 3.05) is 0 Å². The summed E-state index contributed by atoms with van der Waals surface area (Å²) >= 11 is 0. The van der Waals surface area contributed by atoms with Crippen molar-refractivity contribution in [3.63, 3.8) is 0 Å². The second kappa shape index (κ2) is 6.15. The summed E-state index contributed by atoms with van der Waals surface area (Å²) in [6.45, 7) is 0. The molecule has 0 aliphatic rings. The van der Waals surface area contributed by atoms with E-state index in [1.807, 2.05) is 5.43 Å². The van der Waals surface area contributed by atoms with Crippen molar-refractivity contribution in [1.82, 2.24) is 5.43 Å². The molecule has 18 heavy (non-hydrogen) atoms. The van der Waals surface area contributed by atoms with Gasteiger partial charge in [-0.3, -0.25) is 15.0 Å². The molecule has 2 amide bonds. The third-order valence-corrected chi connectivity index (χ3v) is 2.48. The van der Waals surface area contributed by atoms with Gasteiger partial charge < -0.3 is 15.8 Å². The predicted molar refractivity (Wildman–Crippen MR) is 65.2 cm³/mol. The Hall–Kier alpha value is -1.90. The quantitative estimate of drug-likeness (QED) is 0.168. The lowest BCUT2D eigenvalue weighted by atomic mass is 9.78. The van der Waals surface area contributed by atoms with Gasteiger partial charge in [-0.15, -0.1) is 0 Å². The van der Waals surface area contributed by atoms with Gasteiger partial charge in [0, 0.05) is 6.42 Å². The number of carbonyl (C=O) groups excluding carboxylic acids is 2. The van der Waals surface area contributed by atoms with Gasteiger partial charge in [-0.2, -0.15) is 0 Å². The molecule has 1 atom stereocenters. The number of hydrogen-bond donors (Lipinski definition) is 5. The van der Waals surface area contributed by atoms with Gasteiger partial charge in [0.1, 0.15) is 0 Å². The number of rotatable bonds is 5. The fourth-order valence-corrected chi connectivity index (χ4v) is 1.60. The number of primary amides is 1. The maximum Gasteiger partial charge on any atom is 0.488 e. The fourth-order valence-electron chi connectivity index (χ4n) is 1.60. The van der Waals surface area contributed by atoms with E-state index >= 15 is 0 Å². The summed E-state index contributed by atoms with van der Waals surface area (Å²) in [6.07, 6.45) is -0.214. The number of amides is 2. The summed E-state index contributed by atoms with van der Waals surface area (Å²) in [7, 11) is -1.65. The van der Waals surface area contributed by atoms with Gasteiger partial charge >= 0.3 is 7.12 Å². The largest absolute Gasteiger partial charge is 0.488 e. The van der Waals surface area contributed by atoms with Crippen LogP contribution in [-0.2, 0) is 9.59 Å². The molecule has 0 aromatic heterocycles. The summed E-state index contributed by atoms with van der Waals surface area (Å²) < 4.78 is 0. The maximum absolute atomic E-state index is 11.6. The van der Waals surface area contributed by atoms with Crippen LogP contribution in [0.1, 0.15) is 17.9 Å². The number of hydrogen-bond acceptors (Lipinski definition) is 5. The molecule has 0 heterocycles. The number of hydrazine groups is 1. The molecule has 1 unspecified atom stereocenters. The van der Waals surface area contributed by atoms with Crippen LogP contribution in [0.5, 0.6) is 0 Å². The highest BCUT2D eigenvalue weighted by Crippen LogP contribution is 2.18. The molecule has 0 aliphatic carbocycles. The molecule has 7 N–H and O–H groups in total. The van der Waals surface area contributed by atoms with Gasteiger partial charge in [-0.1, -0.05) is 24.3 Å². The minimum Gasteiger partial charge on any atom is -0.423 e. The van der Waals surface area contributed by atoms with E-state index in [4.69, 9.17) is 21.6 Å². The molecule has 1 aromatic carbocycles. The predicted octanol–water partition coefficient (Wildman–Crippen LogP) is -2.68. The van der Waals surface area contributed by atoms with E-state index in [1.54, 1.807) is 12.1 Å². The second-order valence-electron chi connectivity index (χ2n) is 3.78. The third kappa shape index (κ3) is 3.55. The third-order valence-electron chi connectivity index (χ3n) is 2.48. The lowest BCUT2D eigenvalue weighted by Gasteiger charge is -2.14. The normalized spacial score (nSPS) is 11.7. The van der Waals surface area contributed by atoms with E-state index in [1.165, 1.54) is 12.1 Å². The molecular weight excluding hydrogens is 237 g/mol. The zero-order valence-corrected chi connectivity index (χ0v) is 9.54. The standard InChI is InChI=1S/C10H14BN3O4/c12-9(15)5-8(10(16)14-13)6-2-1-3-7(4-6)11(17)18/h1-4,8,17-18H,5,13H2,(H2,12,15)(H,14,16). The van der Waals surface area contributed by atoms with Gasteiger partial charge in [0.15, 0.2) is 0 Å². The molecule has 7 nitrogen and oxygen atoms in total. The first-order valence-electron chi connectivity index (χ1n) is 5.20. The van der Waals surface area contributed by atoms with Gasteiger partial charge in [0.25, 0.3) is 0 Å². The Morgan fingerprint density at radius 2 is 2.06 bits per heavy atom. The average Bonchev–Trinajstić information content (AvgIpc) is 2.35. The summed E-state index contributed by atoms with van der Waals surface area (Å²) in [4.78, 5) is 22.5. The summed E-state index contributed by atoms with van der Waals surface area (Å²) in [5.41, 5.74) is 7.66. The number of nitrogens with two attached hydrogens (primary N) is 2. The molecule has 0 radical (unpaired) electrons. The van der Waals surface area contributed by atoms with Crippen LogP contribution < -0.4 is 22.5 Å². The highest BCUT2D eigenvalue weighted by atomic mass is 16.4. The van der Waals surface area contributed by atoms with Crippen molar-refractivity contribution >= 4 is 24.4 Å². The monoisotopic (exact) mass is 251 g/mol.